The molecule has 0 atom stereocenters. The Bertz CT molecular complexity index is 1000. The SMILES string of the molecule is CCN(Cc1ccccc1)C(=O)c1nc2c(s1)CCCN2C(=O)c1ccncc1. The van der Waals surface area contributed by atoms with E-state index < -0.39 is 0 Å². The maximum absolute atomic E-state index is 13.1. The van der Waals surface area contributed by atoms with E-state index in [1.54, 1.807) is 34.3 Å². The van der Waals surface area contributed by atoms with Crippen molar-refractivity contribution in [2.75, 3.05) is 18.0 Å². The number of fused-ring (bicyclic) bond motifs is 1. The molecule has 7 heteroatoms. The van der Waals surface area contributed by atoms with Gasteiger partial charge in [0, 0.05) is 42.5 Å². The molecule has 1 aliphatic rings. The van der Waals surface area contributed by atoms with Crippen LogP contribution in [0, 0.1) is 0 Å². The number of carbonyl (C=O) groups excluding carboxylic acids is 2. The Kier molecular flexibility index (Phi) is 5.67. The summed E-state index contributed by atoms with van der Waals surface area (Å²) in [5.74, 6) is 0.434. The van der Waals surface area contributed by atoms with Crippen molar-refractivity contribution in [3.8, 4) is 0 Å². The maximum atomic E-state index is 13.1. The monoisotopic (exact) mass is 406 g/mol. The summed E-state index contributed by atoms with van der Waals surface area (Å²) in [5.41, 5.74) is 1.66. The van der Waals surface area contributed by atoms with Crippen molar-refractivity contribution in [1.29, 1.82) is 0 Å². The topological polar surface area (TPSA) is 66.4 Å². The van der Waals surface area contributed by atoms with Gasteiger partial charge in [-0.3, -0.25) is 19.5 Å². The van der Waals surface area contributed by atoms with Crippen LogP contribution < -0.4 is 4.90 Å². The first kappa shape index (κ1) is 19.3. The number of hydrogen-bond acceptors (Lipinski definition) is 5. The fraction of sp³-hybridized carbons (Fsp3) is 0.273. The Hall–Kier alpha value is -3.06. The second kappa shape index (κ2) is 8.53. The Morgan fingerprint density at radius 2 is 1.90 bits per heavy atom. The Morgan fingerprint density at radius 3 is 2.62 bits per heavy atom. The summed E-state index contributed by atoms with van der Waals surface area (Å²) < 4.78 is 0. The van der Waals surface area contributed by atoms with E-state index in [1.807, 2.05) is 37.3 Å². The Morgan fingerprint density at radius 1 is 1.14 bits per heavy atom. The zero-order valence-electron chi connectivity index (χ0n) is 16.2. The molecule has 2 aromatic heterocycles. The molecule has 4 rings (SSSR count). The second-order valence-electron chi connectivity index (χ2n) is 6.87. The minimum absolute atomic E-state index is 0.0907. The van der Waals surface area contributed by atoms with Crippen LogP contribution in [0.15, 0.2) is 54.9 Å². The molecule has 3 aromatic rings. The van der Waals surface area contributed by atoms with E-state index in [0.29, 0.717) is 36.0 Å². The van der Waals surface area contributed by atoms with E-state index in [4.69, 9.17) is 0 Å². The standard InChI is InChI=1S/C22H22N4O2S/c1-2-25(15-16-7-4-3-5-8-16)22(28)20-24-19-18(29-20)9-6-14-26(19)21(27)17-10-12-23-13-11-17/h3-5,7-8,10-13H,2,6,9,14-15H2,1H3. The summed E-state index contributed by atoms with van der Waals surface area (Å²) in [4.78, 5) is 39.1. The van der Waals surface area contributed by atoms with Crippen molar-refractivity contribution in [2.45, 2.75) is 26.3 Å². The van der Waals surface area contributed by atoms with Gasteiger partial charge in [0.25, 0.3) is 11.8 Å². The number of hydrogen-bond donors (Lipinski definition) is 0. The van der Waals surface area contributed by atoms with Crippen LogP contribution >= 0.6 is 11.3 Å². The number of aryl methyl sites for hydroxylation is 1. The highest BCUT2D eigenvalue weighted by molar-refractivity contribution is 7.14. The van der Waals surface area contributed by atoms with E-state index in [2.05, 4.69) is 9.97 Å². The number of nitrogens with zero attached hydrogens (tertiary/aromatic N) is 4. The fourth-order valence-corrected chi connectivity index (χ4v) is 4.50. The summed E-state index contributed by atoms with van der Waals surface area (Å²) >= 11 is 1.41. The second-order valence-corrected chi connectivity index (χ2v) is 7.95. The molecule has 2 amide bonds. The summed E-state index contributed by atoms with van der Waals surface area (Å²) in [6.07, 6.45) is 4.92. The smallest absolute Gasteiger partial charge is 0.283 e. The third kappa shape index (κ3) is 4.05. The molecule has 29 heavy (non-hydrogen) atoms. The number of thiazole rings is 1. The zero-order valence-corrected chi connectivity index (χ0v) is 17.1. The first-order valence-electron chi connectivity index (χ1n) is 9.72. The van der Waals surface area contributed by atoms with Crippen LogP contribution in [0.3, 0.4) is 0 Å². The average molecular weight is 407 g/mol. The fourth-order valence-electron chi connectivity index (χ4n) is 3.43. The van der Waals surface area contributed by atoms with Gasteiger partial charge in [0.15, 0.2) is 10.8 Å². The van der Waals surface area contributed by atoms with Crippen LogP contribution in [-0.2, 0) is 13.0 Å². The van der Waals surface area contributed by atoms with Crippen molar-refractivity contribution in [1.82, 2.24) is 14.9 Å². The average Bonchev–Trinajstić information content (AvgIpc) is 3.22. The van der Waals surface area contributed by atoms with Gasteiger partial charge < -0.3 is 4.90 Å². The van der Waals surface area contributed by atoms with Crippen molar-refractivity contribution in [2.24, 2.45) is 0 Å². The van der Waals surface area contributed by atoms with Crippen LogP contribution in [0.25, 0.3) is 0 Å². The quantitative estimate of drug-likeness (QED) is 0.647. The number of anilines is 1. The van der Waals surface area contributed by atoms with Gasteiger partial charge in [-0.1, -0.05) is 30.3 Å². The first-order valence-corrected chi connectivity index (χ1v) is 10.5. The Labute approximate surface area is 173 Å². The molecular formula is C22H22N4O2S. The van der Waals surface area contributed by atoms with Crippen molar-refractivity contribution >= 4 is 29.0 Å². The molecule has 6 nitrogen and oxygen atoms in total. The molecule has 0 aliphatic carbocycles. The number of amides is 2. The van der Waals surface area contributed by atoms with Gasteiger partial charge in [-0.05, 0) is 37.5 Å². The molecule has 1 aromatic carbocycles. The van der Waals surface area contributed by atoms with Gasteiger partial charge in [-0.2, -0.15) is 0 Å². The molecule has 0 saturated carbocycles. The molecular weight excluding hydrogens is 384 g/mol. The molecule has 0 radical (unpaired) electrons. The van der Waals surface area contributed by atoms with E-state index in [-0.39, 0.29) is 11.8 Å². The first-order chi connectivity index (χ1) is 14.2. The van der Waals surface area contributed by atoms with Gasteiger partial charge in [0.05, 0.1) is 0 Å². The molecule has 3 heterocycles. The number of aromatic nitrogens is 2. The van der Waals surface area contributed by atoms with E-state index in [1.165, 1.54) is 11.3 Å². The third-order valence-electron chi connectivity index (χ3n) is 4.96. The maximum Gasteiger partial charge on any atom is 0.283 e. The lowest BCUT2D eigenvalue weighted by Gasteiger charge is -2.25. The zero-order chi connectivity index (χ0) is 20.2. The molecule has 0 N–H and O–H groups in total. The van der Waals surface area contributed by atoms with Crippen LogP contribution in [0.1, 0.15) is 43.9 Å². The molecule has 0 saturated heterocycles. The molecule has 0 spiro atoms. The lowest BCUT2D eigenvalue weighted by Crippen LogP contribution is -2.35. The lowest BCUT2D eigenvalue weighted by molar-refractivity contribution is 0.0751. The number of benzene rings is 1. The highest BCUT2D eigenvalue weighted by Crippen LogP contribution is 2.33. The summed E-state index contributed by atoms with van der Waals surface area (Å²) in [6, 6.07) is 13.3. The molecule has 0 unspecified atom stereocenters. The van der Waals surface area contributed by atoms with Gasteiger partial charge in [0.1, 0.15) is 0 Å². The molecule has 0 bridgehead atoms. The van der Waals surface area contributed by atoms with Gasteiger partial charge in [0.2, 0.25) is 0 Å². The summed E-state index contributed by atoms with van der Waals surface area (Å²) in [7, 11) is 0. The lowest BCUT2D eigenvalue weighted by atomic mass is 10.1. The van der Waals surface area contributed by atoms with Crippen LogP contribution in [0.5, 0.6) is 0 Å². The van der Waals surface area contributed by atoms with Crippen LogP contribution in [0.4, 0.5) is 5.82 Å². The largest absolute Gasteiger partial charge is 0.333 e. The normalized spacial score (nSPS) is 13.1. The molecule has 1 aliphatic heterocycles. The summed E-state index contributed by atoms with van der Waals surface area (Å²) in [5, 5.41) is 0.446. The molecule has 0 fully saturated rings. The van der Waals surface area contributed by atoms with E-state index in [0.717, 1.165) is 23.3 Å². The van der Waals surface area contributed by atoms with Crippen molar-refractivity contribution < 1.29 is 9.59 Å². The van der Waals surface area contributed by atoms with Gasteiger partial charge in [-0.25, -0.2) is 4.98 Å². The van der Waals surface area contributed by atoms with Crippen molar-refractivity contribution in [3.63, 3.8) is 0 Å². The van der Waals surface area contributed by atoms with Gasteiger partial charge in [-0.15, -0.1) is 11.3 Å². The minimum Gasteiger partial charge on any atom is -0.333 e. The van der Waals surface area contributed by atoms with E-state index in [9.17, 15) is 9.59 Å². The van der Waals surface area contributed by atoms with Crippen LogP contribution in [-0.4, -0.2) is 39.8 Å². The van der Waals surface area contributed by atoms with Crippen molar-refractivity contribution in [3.05, 3.63) is 75.9 Å². The predicted octanol–water partition coefficient (Wildman–Crippen LogP) is 3.79. The Balaban J connectivity index is 1.58. The third-order valence-corrected chi connectivity index (χ3v) is 6.05. The van der Waals surface area contributed by atoms with Gasteiger partial charge >= 0.3 is 0 Å². The number of rotatable bonds is 5. The highest BCUT2D eigenvalue weighted by atomic mass is 32.1. The molecule has 148 valence electrons. The predicted molar refractivity (Wildman–Crippen MR) is 113 cm³/mol. The van der Waals surface area contributed by atoms with Crippen LogP contribution in [0.2, 0.25) is 0 Å². The van der Waals surface area contributed by atoms with E-state index >= 15 is 0 Å². The summed E-state index contributed by atoms with van der Waals surface area (Å²) in [6.45, 7) is 3.71. The number of pyridine rings is 1. The number of carbonyl (C=O) groups is 2. The highest BCUT2D eigenvalue weighted by Gasteiger charge is 2.30. The minimum atomic E-state index is -0.103.